The first kappa shape index (κ1) is 23.0. The Morgan fingerprint density at radius 2 is 1.55 bits per heavy atom. The van der Waals surface area contributed by atoms with E-state index in [9.17, 15) is 4.79 Å². The van der Waals surface area contributed by atoms with Crippen molar-refractivity contribution in [2.45, 2.75) is 34.6 Å². The minimum atomic E-state index is -0.138. The number of fused-ring (bicyclic) bond motifs is 1. The number of ether oxygens (including phenoxy) is 1. The summed E-state index contributed by atoms with van der Waals surface area (Å²) in [4.78, 5) is 18.7. The van der Waals surface area contributed by atoms with E-state index in [1.165, 1.54) is 0 Å². The Hall–Kier alpha value is -3.18. The zero-order valence-electron chi connectivity index (χ0n) is 19.8. The van der Waals surface area contributed by atoms with Crippen molar-refractivity contribution in [3.63, 3.8) is 0 Å². The van der Waals surface area contributed by atoms with Crippen molar-refractivity contribution in [3.8, 4) is 17.0 Å². The highest BCUT2D eigenvalue weighted by Gasteiger charge is 2.21. The molecule has 0 bridgehead atoms. The third-order valence-corrected chi connectivity index (χ3v) is 7.20. The molecule has 1 amide bonds. The fourth-order valence-corrected chi connectivity index (χ4v) is 4.58. The lowest BCUT2D eigenvalue weighted by Gasteiger charge is -2.17. The van der Waals surface area contributed by atoms with Gasteiger partial charge in [-0.3, -0.25) is 4.79 Å². The van der Waals surface area contributed by atoms with Crippen molar-refractivity contribution >= 4 is 38.4 Å². The van der Waals surface area contributed by atoms with E-state index < -0.39 is 0 Å². The predicted octanol–water partition coefficient (Wildman–Crippen LogP) is 7.47. The van der Waals surface area contributed by atoms with Gasteiger partial charge >= 0.3 is 0 Å². The van der Waals surface area contributed by atoms with Crippen LogP contribution >= 0.6 is 15.9 Å². The Bertz CT molecular complexity index is 1370. The first-order chi connectivity index (χ1) is 15.7. The van der Waals surface area contributed by atoms with Crippen LogP contribution in [-0.2, 0) is 0 Å². The highest BCUT2D eigenvalue weighted by molar-refractivity contribution is 9.10. The largest absolute Gasteiger partial charge is 0.497 e. The Morgan fingerprint density at radius 1 is 0.909 bits per heavy atom. The van der Waals surface area contributed by atoms with Crippen LogP contribution in [-0.4, -0.2) is 18.0 Å². The maximum atomic E-state index is 13.7. The van der Waals surface area contributed by atoms with Crippen LogP contribution in [0.5, 0.6) is 5.75 Å². The van der Waals surface area contributed by atoms with Gasteiger partial charge in [0.25, 0.3) is 5.91 Å². The summed E-state index contributed by atoms with van der Waals surface area (Å²) in [6.45, 7) is 10.1. The van der Waals surface area contributed by atoms with Crippen molar-refractivity contribution in [3.05, 3.63) is 86.4 Å². The van der Waals surface area contributed by atoms with Crippen molar-refractivity contribution in [1.82, 2.24) is 4.98 Å². The lowest BCUT2D eigenvalue weighted by molar-refractivity contribution is 0.102. The molecule has 0 fully saturated rings. The Morgan fingerprint density at radius 3 is 2.15 bits per heavy atom. The van der Waals surface area contributed by atoms with Gasteiger partial charge in [0.1, 0.15) is 5.75 Å². The molecule has 4 nitrogen and oxygen atoms in total. The molecule has 0 atom stereocenters. The van der Waals surface area contributed by atoms with Gasteiger partial charge in [-0.2, -0.15) is 0 Å². The second-order valence-electron chi connectivity index (χ2n) is 8.55. The number of anilines is 1. The lowest BCUT2D eigenvalue weighted by atomic mass is 9.94. The predicted molar refractivity (Wildman–Crippen MR) is 140 cm³/mol. The molecule has 0 unspecified atom stereocenters. The second kappa shape index (κ2) is 8.99. The molecule has 0 saturated heterocycles. The van der Waals surface area contributed by atoms with Crippen LogP contribution in [0.2, 0.25) is 0 Å². The molecular formula is C28H27BrN2O2. The fourth-order valence-electron chi connectivity index (χ4n) is 4.35. The molecule has 4 aromatic rings. The van der Waals surface area contributed by atoms with Crippen LogP contribution < -0.4 is 10.1 Å². The number of carbonyl (C=O) groups is 1. The number of amides is 1. The molecule has 33 heavy (non-hydrogen) atoms. The monoisotopic (exact) mass is 502 g/mol. The third kappa shape index (κ3) is 4.38. The maximum Gasteiger partial charge on any atom is 0.256 e. The molecule has 1 aromatic heterocycles. The molecule has 3 aromatic carbocycles. The van der Waals surface area contributed by atoms with Gasteiger partial charge in [-0.25, -0.2) is 4.98 Å². The molecule has 1 heterocycles. The fraction of sp³-hybridized carbons (Fsp3) is 0.214. The van der Waals surface area contributed by atoms with Gasteiger partial charge in [-0.1, -0.05) is 27.6 Å². The number of carbonyl (C=O) groups excluding carboxylic acids is 1. The van der Waals surface area contributed by atoms with Crippen LogP contribution in [0.25, 0.3) is 22.2 Å². The molecule has 0 spiro atoms. The van der Waals surface area contributed by atoms with Gasteiger partial charge in [-0.15, -0.1) is 0 Å². The summed E-state index contributed by atoms with van der Waals surface area (Å²) in [7, 11) is 1.65. The first-order valence-corrected chi connectivity index (χ1v) is 11.6. The minimum absolute atomic E-state index is 0.138. The molecule has 5 heteroatoms. The standard InChI is InChI=1S/C28H27BrN2O2/c1-15-11-18(4)26-23(12-15)24(28(32)30-21-13-16(2)25(29)17(3)14-21)19(5)27(31-26)20-7-9-22(33-6)10-8-20/h7-14H,1-6H3,(H,30,32). The number of methoxy groups -OCH3 is 1. The number of hydrogen-bond donors (Lipinski definition) is 1. The van der Waals surface area contributed by atoms with E-state index in [4.69, 9.17) is 9.72 Å². The van der Waals surface area contributed by atoms with Crippen molar-refractivity contribution in [2.24, 2.45) is 0 Å². The van der Waals surface area contributed by atoms with Gasteiger partial charge in [-0.05, 0) is 99.3 Å². The highest BCUT2D eigenvalue weighted by Crippen LogP contribution is 2.33. The average molecular weight is 503 g/mol. The van der Waals surface area contributed by atoms with Gasteiger partial charge in [0, 0.05) is 21.1 Å². The van der Waals surface area contributed by atoms with Gasteiger partial charge in [0.15, 0.2) is 0 Å². The first-order valence-electron chi connectivity index (χ1n) is 10.8. The molecule has 0 aliphatic carbocycles. The number of hydrogen-bond acceptors (Lipinski definition) is 3. The summed E-state index contributed by atoms with van der Waals surface area (Å²) in [5.41, 5.74) is 9.15. The number of aromatic nitrogens is 1. The number of halogens is 1. The molecule has 168 valence electrons. The topological polar surface area (TPSA) is 51.2 Å². The Kier molecular flexibility index (Phi) is 6.26. The van der Waals surface area contributed by atoms with Crippen LogP contribution in [0.1, 0.15) is 38.2 Å². The van der Waals surface area contributed by atoms with Crippen molar-refractivity contribution in [2.75, 3.05) is 12.4 Å². The zero-order chi connectivity index (χ0) is 23.9. The Balaban J connectivity index is 1.91. The minimum Gasteiger partial charge on any atom is -0.497 e. The SMILES string of the molecule is COc1ccc(-c2nc3c(C)cc(C)cc3c(C(=O)Nc3cc(C)c(Br)c(C)c3)c2C)cc1. The smallest absolute Gasteiger partial charge is 0.256 e. The molecule has 0 radical (unpaired) electrons. The van der Waals surface area contributed by atoms with E-state index in [1.54, 1.807) is 7.11 Å². The number of benzene rings is 3. The van der Waals surface area contributed by atoms with Crippen LogP contribution in [0.15, 0.2) is 53.0 Å². The van der Waals surface area contributed by atoms with E-state index >= 15 is 0 Å². The summed E-state index contributed by atoms with van der Waals surface area (Å²) in [6, 6.07) is 15.9. The average Bonchev–Trinajstić information content (AvgIpc) is 2.77. The second-order valence-corrected chi connectivity index (χ2v) is 9.34. The maximum absolute atomic E-state index is 13.7. The van der Waals surface area contributed by atoms with E-state index in [-0.39, 0.29) is 5.91 Å². The molecule has 0 aliphatic rings. The van der Waals surface area contributed by atoms with Crippen LogP contribution in [0.4, 0.5) is 5.69 Å². The van der Waals surface area contributed by atoms with E-state index in [0.717, 1.165) is 65.9 Å². The summed E-state index contributed by atoms with van der Waals surface area (Å²) in [6.07, 6.45) is 0. The van der Waals surface area contributed by atoms with Crippen molar-refractivity contribution < 1.29 is 9.53 Å². The quantitative estimate of drug-likeness (QED) is 0.314. The summed E-state index contributed by atoms with van der Waals surface area (Å²) >= 11 is 3.60. The zero-order valence-corrected chi connectivity index (χ0v) is 21.3. The number of aryl methyl sites for hydroxylation is 4. The number of pyridine rings is 1. The van der Waals surface area contributed by atoms with Crippen molar-refractivity contribution in [1.29, 1.82) is 0 Å². The van der Waals surface area contributed by atoms with Crippen LogP contribution in [0, 0.1) is 34.6 Å². The summed E-state index contributed by atoms with van der Waals surface area (Å²) in [5, 5.41) is 3.99. The van der Waals surface area contributed by atoms with E-state index in [1.807, 2.05) is 77.1 Å². The summed E-state index contributed by atoms with van der Waals surface area (Å²) in [5.74, 6) is 0.642. The third-order valence-electron chi connectivity index (χ3n) is 5.95. The van der Waals surface area contributed by atoms with Gasteiger partial charge in [0.05, 0.1) is 23.9 Å². The van der Waals surface area contributed by atoms with E-state index in [0.29, 0.717) is 5.56 Å². The number of nitrogens with one attached hydrogen (secondary N) is 1. The number of rotatable bonds is 4. The van der Waals surface area contributed by atoms with Gasteiger partial charge < -0.3 is 10.1 Å². The molecule has 0 saturated carbocycles. The van der Waals surface area contributed by atoms with Gasteiger partial charge in [0.2, 0.25) is 0 Å². The normalized spacial score (nSPS) is 11.0. The lowest BCUT2D eigenvalue weighted by Crippen LogP contribution is -2.16. The molecule has 4 rings (SSSR count). The Labute approximate surface area is 203 Å². The van der Waals surface area contributed by atoms with E-state index in [2.05, 4.69) is 27.3 Å². The highest BCUT2D eigenvalue weighted by atomic mass is 79.9. The molecular weight excluding hydrogens is 476 g/mol. The number of nitrogens with zero attached hydrogens (tertiary/aromatic N) is 1. The summed E-state index contributed by atoms with van der Waals surface area (Å²) < 4.78 is 6.36. The molecule has 1 N–H and O–H groups in total. The van der Waals surface area contributed by atoms with Crippen LogP contribution in [0.3, 0.4) is 0 Å². The molecule has 0 aliphatic heterocycles.